The highest BCUT2D eigenvalue weighted by molar-refractivity contribution is 5.84. The number of nitrogens with zero attached hydrogens (tertiary/aromatic N) is 1. The molecule has 1 heterocycles. The molecule has 1 aliphatic rings. The van der Waals surface area contributed by atoms with E-state index in [1.54, 1.807) is 6.92 Å². The molecule has 1 aromatic rings. The zero-order valence-electron chi connectivity index (χ0n) is 12.4. The highest BCUT2D eigenvalue weighted by Crippen LogP contribution is 2.26. The van der Waals surface area contributed by atoms with Crippen molar-refractivity contribution in [2.75, 3.05) is 6.54 Å². The van der Waals surface area contributed by atoms with E-state index >= 15 is 0 Å². The van der Waals surface area contributed by atoms with Gasteiger partial charge in [0, 0.05) is 19.0 Å². The molecule has 0 saturated carbocycles. The number of carbonyl (C=O) groups is 2. The van der Waals surface area contributed by atoms with E-state index in [0.29, 0.717) is 13.0 Å². The molecule has 22 heavy (non-hydrogen) atoms. The second-order valence-electron chi connectivity index (χ2n) is 5.71. The minimum atomic E-state index is -1.01. The molecule has 0 aliphatic carbocycles. The number of carboxylic acids is 1. The van der Waals surface area contributed by atoms with Gasteiger partial charge in [-0.15, -0.1) is 0 Å². The van der Waals surface area contributed by atoms with Crippen LogP contribution in [0.2, 0.25) is 0 Å². The SMILES string of the molecule is CC(CC(=O)N1CCCCC1C(=O)O)c1ccc(F)cc1F. The summed E-state index contributed by atoms with van der Waals surface area (Å²) in [5.74, 6) is -3.10. The van der Waals surface area contributed by atoms with E-state index < -0.39 is 29.6 Å². The van der Waals surface area contributed by atoms with E-state index in [1.165, 1.54) is 11.0 Å². The topological polar surface area (TPSA) is 57.6 Å². The number of halogens is 2. The summed E-state index contributed by atoms with van der Waals surface area (Å²) in [5, 5.41) is 9.19. The van der Waals surface area contributed by atoms with Crippen LogP contribution in [-0.2, 0) is 9.59 Å². The fourth-order valence-corrected chi connectivity index (χ4v) is 2.88. The summed E-state index contributed by atoms with van der Waals surface area (Å²) in [6.45, 7) is 2.09. The van der Waals surface area contributed by atoms with Crippen molar-refractivity contribution >= 4 is 11.9 Å². The van der Waals surface area contributed by atoms with Crippen LogP contribution in [0.5, 0.6) is 0 Å². The van der Waals surface area contributed by atoms with Crippen LogP contribution in [0.15, 0.2) is 18.2 Å². The number of hydrogen-bond acceptors (Lipinski definition) is 2. The van der Waals surface area contributed by atoms with Gasteiger partial charge in [-0.3, -0.25) is 4.79 Å². The van der Waals surface area contributed by atoms with Crippen LogP contribution in [0.25, 0.3) is 0 Å². The number of carboxylic acid groups (broad SMARTS) is 1. The Kier molecular flexibility index (Phi) is 5.11. The first-order valence-corrected chi connectivity index (χ1v) is 7.37. The van der Waals surface area contributed by atoms with Gasteiger partial charge >= 0.3 is 5.97 Å². The molecule has 6 heteroatoms. The summed E-state index contributed by atoms with van der Waals surface area (Å²) in [5.41, 5.74) is 0.263. The van der Waals surface area contributed by atoms with Gasteiger partial charge in [-0.05, 0) is 36.8 Å². The number of amides is 1. The van der Waals surface area contributed by atoms with Crippen LogP contribution in [0, 0.1) is 11.6 Å². The van der Waals surface area contributed by atoms with Crippen molar-refractivity contribution in [1.82, 2.24) is 4.90 Å². The van der Waals surface area contributed by atoms with Crippen molar-refractivity contribution in [3.63, 3.8) is 0 Å². The highest BCUT2D eigenvalue weighted by Gasteiger charge is 2.32. The fourth-order valence-electron chi connectivity index (χ4n) is 2.88. The lowest BCUT2D eigenvalue weighted by Crippen LogP contribution is -2.48. The predicted molar refractivity (Wildman–Crippen MR) is 76.4 cm³/mol. The molecule has 1 aromatic carbocycles. The summed E-state index contributed by atoms with van der Waals surface area (Å²) < 4.78 is 26.7. The number of likely N-dealkylation sites (tertiary alicyclic amines) is 1. The zero-order valence-corrected chi connectivity index (χ0v) is 12.4. The maximum Gasteiger partial charge on any atom is 0.326 e. The second kappa shape index (κ2) is 6.85. The molecular formula is C16H19F2NO3. The lowest BCUT2D eigenvalue weighted by atomic mass is 9.95. The van der Waals surface area contributed by atoms with Gasteiger partial charge in [0.15, 0.2) is 0 Å². The highest BCUT2D eigenvalue weighted by atomic mass is 19.1. The van der Waals surface area contributed by atoms with E-state index in [9.17, 15) is 23.5 Å². The monoisotopic (exact) mass is 311 g/mol. The van der Waals surface area contributed by atoms with Gasteiger partial charge in [0.05, 0.1) is 0 Å². The molecule has 2 rings (SSSR count). The van der Waals surface area contributed by atoms with Crippen LogP contribution in [-0.4, -0.2) is 34.5 Å². The third kappa shape index (κ3) is 3.61. The molecule has 0 radical (unpaired) electrons. The van der Waals surface area contributed by atoms with Crippen molar-refractivity contribution in [2.45, 2.75) is 44.6 Å². The lowest BCUT2D eigenvalue weighted by Gasteiger charge is -2.33. The quantitative estimate of drug-likeness (QED) is 0.930. The minimum Gasteiger partial charge on any atom is -0.480 e. The Hall–Kier alpha value is -1.98. The number of rotatable bonds is 4. The van der Waals surface area contributed by atoms with E-state index in [4.69, 9.17) is 0 Å². The normalized spacial score (nSPS) is 19.8. The second-order valence-corrected chi connectivity index (χ2v) is 5.71. The first-order valence-electron chi connectivity index (χ1n) is 7.37. The summed E-state index contributed by atoms with van der Waals surface area (Å²) >= 11 is 0. The zero-order chi connectivity index (χ0) is 16.3. The standard InChI is InChI=1S/C16H19F2NO3/c1-10(12-6-5-11(17)9-13(12)18)8-15(20)19-7-3-2-4-14(19)16(21)22/h5-6,9-10,14H,2-4,7-8H2,1H3,(H,21,22). The summed E-state index contributed by atoms with van der Waals surface area (Å²) in [6, 6.07) is 2.47. The van der Waals surface area contributed by atoms with Gasteiger partial charge in [-0.1, -0.05) is 13.0 Å². The van der Waals surface area contributed by atoms with Gasteiger partial charge in [0.1, 0.15) is 17.7 Å². The first-order chi connectivity index (χ1) is 10.4. The molecule has 2 unspecified atom stereocenters. The molecular weight excluding hydrogens is 292 g/mol. The van der Waals surface area contributed by atoms with Crippen molar-refractivity contribution in [3.8, 4) is 0 Å². The Morgan fingerprint density at radius 2 is 2.09 bits per heavy atom. The van der Waals surface area contributed by atoms with Gasteiger partial charge in [0.25, 0.3) is 0 Å². The van der Waals surface area contributed by atoms with Gasteiger partial charge < -0.3 is 10.0 Å². The smallest absolute Gasteiger partial charge is 0.326 e. The van der Waals surface area contributed by atoms with Crippen molar-refractivity contribution in [1.29, 1.82) is 0 Å². The molecule has 0 aromatic heterocycles. The van der Waals surface area contributed by atoms with Crippen molar-refractivity contribution in [3.05, 3.63) is 35.4 Å². The Morgan fingerprint density at radius 1 is 1.36 bits per heavy atom. The summed E-state index contributed by atoms with van der Waals surface area (Å²) in [4.78, 5) is 24.9. The molecule has 1 saturated heterocycles. The Morgan fingerprint density at radius 3 is 2.73 bits per heavy atom. The molecule has 4 nitrogen and oxygen atoms in total. The molecule has 1 N–H and O–H groups in total. The Labute approximate surface area is 127 Å². The van der Waals surface area contributed by atoms with Crippen molar-refractivity contribution in [2.24, 2.45) is 0 Å². The number of hydrogen-bond donors (Lipinski definition) is 1. The van der Waals surface area contributed by atoms with Crippen LogP contribution >= 0.6 is 0 Å². The lowest BCUT2D eigenvalue weighted by molar-refractivity contribution is -0.152. The Balaban J connectivity index is 2.08. The molecule has 1 fully saturated rings. The molecule has 0 spiro atoms. The van der Waals surface area contributed by atoms with Gasteiger partial charge in [-0.25, -0.2) is 13.6 Å². The van der Waals surface area contributed by atoms with Crippen LogP contribution in [0.3, 0.4) is 0 Å². The van der Waals surface area contributed by atoms with E-state index in [-0.39, 0.29) is 17.9 Å². The van der Waals surface area contributed by atoms with Crippen molar-refractivity contribution < 1.29 is 23.5 Å². The molecule has 2 atom stereocenters. The average molecular weight is 311 g/mol. The number of aliphatic carboxylic acids is 1. The molecule has 1 aliphatic heterocycles. The fraction of sp³-hybridized carbons (Fsp3) is 0.500. The average Bonchev–Trinajstić information content (AvgIpc) is 2.46. The van der Waals surface area contributed by atoms with E-state index in [0.717, 1.165) is 25.0 Å². The minimum absolute atomic E-state index is 0.00628. The van der Waals surface area contributed by atoms with Crippen LogP contribution in [0.4, 0.5) is 8.78 Å². The summed E-state index contributed by atoms with van der Waals surface area (Å²) in [7, 11) is 0. The van der Waals surface area contributed by atoms with Gasteiger partial charge in [0.2, 0.25) is 5.91 Å². The molecule has 1 amide bonds. The maximum atomic E-state index is 13.7. The maximum absolute atomic E-state index is 13.7. The van der Waals surface area contributed by atoms with Crippen LogP contribution < -0.4 is 0 Å². The van der Waals surface area contributed by atoms with Crippen LogP contribution in [0.1, 0.15) is 44.1 Å². The molecule has 0 bridgehead atoms. The number of carbonyl (C=O) groups excluding carboxylic acids is 1. The number of piperidine rings is 1. The van der Waals surface area contributed by atoms with E-state index in [2.05, 4.69) is 0 Å². The third-order valence-corrected chi connectivity index (χ3v) is 4.08. The van der Waals surface area contributed by atoms with E-state index in [1.807, 2.05) is 0 Å². The largest absolute Gasteiger partial charge is 0.480 e. The van der Waals surface area contributed by atoms with Gasteiger partial charge in [-0.2, -0.15) is 0 Å². The first kappa shape index (κ1) is 16.4. The molecule has 120 valence electrons. The predicted octanol–water partition coefficient (Wildman–Crippen LogP) is 2.92. The third-order valence-electron chi connectivity index (χ3n) is 4.08. The Bertz CT molecular complexity index is 577. The summed E-state index contributed by atoms with van der Waals surface area (Å²) in [6.07, 6.45) is 2.00. The number of benzene rings is 1.